The van der Waals surface area contributed by atoms with Crippen LogP contribution >= 0.6 is 0 Å². The van der Waals surface area contributed by atoms with Crippen molar-refractivity contribution in [2.45, 2.75) is 6.54 Å². The first-order valence-corrected chi connectivity index (χ1v) is 5.43. The summed E-state index contributed by atoms with van der Waals surface area (Å²) in [5.74, 6) is -1.41. The lowest BCUT2D eigenvalue weighted by molar-refractivity contribution is -0.119. The Bertz CT molecular complexity index is 472. The largest absolute Gasteiger partial charge is 0.477 e. The van der Waals surface area contributed by atoms with Crippen LogP contribution in [0.25, 0.3) is 0 Å². The van der Waals surface area contributed by atoms with Gasteiger partial charge in [0.05, 0.1) is 6.54 Å². The summed E-state index contributed by atoms with van der Waals surface area (Å²) in [6.07, 6.45) is 1.36. The van der Waals surface area contributed by atoms with Crippen molar-refractivity contribution in [3.63, 3.8) is 0 Å². The molecule has 19 heavy (non-hydrogen) atoms. The highest BCUT2D eigenvalue weighted by Crippen LogP contribution is 1.99. The quantitative estimate of drug-likeness (QED) is 0.563. The first kappa shape index (κ1) is 14.4. The second-order valence-corrected chi connectivity index (χ2v) is 3.57. The zero-order valence-electron chi connectivity index (χ0n) is 10.3. The molecule has 0 radical (unpaired) electrons. The van der Waals surface area contributed by atoms with Crippen LogP contribution in [-0.2, 0) is 11.3 Å². The molecule has 0 spiro atoms. The number of nitrogens with one attached hydrogen (secondary N) is 3. The number of carboxylic acid groups (broad SMARTS) is 1. The van der Waals surface area contributed by atoms with Crippen LogP contribution in [-0.4, -0.2) is 41.6 Å². The summed E-state index contributed by atoms with van der Waals surface area (Å²) in [5.41, 5.74) is 0.591. The summed E-state index contributed by atoms with van der Waals surface area (Å²) >= 11 is 0. The van der Waals surface area contributed by atoms with Crippen LogP contribution in [0.2, 0.25) is 0 Å². The molecule has 0 saturated heterocycles. The number of nitrogens with zero attached hydrogens (tertiary/aromatic N) is 1. The number of likely N-dealkylation sites (N-methyl/N-ethyl adjacent to an activating group) is 1. The fourth-order valence-corrected chi connectivity index (χ4v) is 1.15. The van der Waals surface area contributed by atoms with Gasteiger partial charge in [0.2, 0.25) is 5.91 Å². The van der Waals surface area contributed by atoms with E-state index in [1.165, 1.54) is 19.3 Å². The van der Waals surface area contributed by atoms with Gasteiger partial charge in [0.25, 0.3) is 0 Å². The SMILES string of the molecule is CNC(=O)CNC(=O)NCc1ccc(C(=O)O)nc1. The summed E-state index contributed by atoms with van der Waals surface area (Å²) in [6, 6.07) is 2.41. The predicted octanol–water partition coefficient (Wildman–Crippen LogP) is -0.675. The topological polar surface area (TPSA) is 120 Å². The third-order valence-electron chi connectivity index (χ3n) is 2.19. The molecule has 0 aliphatic rings. The number of carbonyl (C=O) groups excluding carboxylic acids is 2. The van der Waals surface area contributed by atoms with Gasteiger partial charge in [-0.05, 0) is 11.6 Å². The number of aromatic carboxylic acids is 1. The average molecular weight is 266 g/mol. The zero-order valence-corrected chi connectivity index (χ0v) is 10.3. The molecule has 0 saturated carbocycles. The fourth-order valence-electron chi connectivity index (χ4n) is 1.15. The van der Waals surface area contributed by atoms with E-state index >= 15 is 0 Å². The van der Waals surface area contributed by atoms with Crippen LogP contribution in [0.3, 0.4) is 0 Å². The maximum Gasteiger partial charge on any atom is 0.354 e. The summed E-state index contributed by atoms with van der Waals surface area (Å²) < 4.78 is 0. The highest BCUT2D eigenvalue weighted by Gasteiger charge is 2.05. The molecule has 0 fully saturated rings. The molecule has 8 heteroatoms. The minimum Gasteiger partial charge on any atom is -0.477 e. The van der Waals surface area contributed by atoms with Gasteiger partial charge in [0.15, 0.2) is 0 Å². The molecule has 0 unspecified atom stereocenters. The highest BCUT2D eigenvalue weighted by molar-refractivity contribution is 5.85. The molecule has 4 N–H and O–H groups in total. The lowest BCUT2D eigenvalue weighted by atomic mass is 10.2. The zero-order chi connectivity index (χ0) is 14.3. The maximum atomic E-state index is 11.3. The van der Waals surface area contributed by atoms with Crippen LogP contribution in [0.1, 0.15) is 16.1 Å². The molecule has 1 rings (SSSR count). The number of amides is 3. The summed E-state index contributed by atoms with van der Waals surface area (Å²) in [7, 11) is 1.47. The smallest absolute Gasteiger partial charge is 0.354 e. The number of pyridine rings is 1. The van der Waals surface area contributed by atoms with E-state index in [1.807, 2.05) is 0 Å². The Balaban J connectivity index is 2.37. The Morgan fingerprint density at radius 3 is 2.53 bits per heavy atom. The molecule has 0 aromatic carbocycles. The number of rotatable bonds is 5. The number of urea groups is 1. The number of carbonyl (C=O) groups is 3. The summed E-state index contributed by atoms with van der Waals surface area (Å²) in [5, 5.41) is 15.9. The van der Waals surface area contributed by atoms with E-state index in [1.54, 1.807) is 6.07 Å². The van der Waals surface area contributed by atoms with Crippen molar-refractivity contribution in [1.82, 2.24) is 20.9 Å². The van der Waals surface area contributed by atoms with E-state index < -0.39 is 12.0 Å². The Labute approximate surface area is 109 Å². The monoisotopic (exact) mass is 266 g/mol. The van der Waals surface area contributed by atoms with Gasteiger partial charge in [-0.25, -0.2) is 14.6 Å². The van der Waals surface area contributed by atoms with Gasteiger partial charge in [-0.1, -0.05) is 6.07 Å². The molecule has 0 aliphatic heterocycles. The number of carboxylic acids is 1. The Kier molecular flexibility index (Phi) is 5.27. The van der Waals surface area contributed by atoms with Crippen LogP contribution in [0.5, 0.6) is 0 Å². The lowest BCUT2D eigenvalue weighted by Gasteiger charge is -2.06. The van der Waals surface area contributed by atoms with Crippen molar-refractivity contribution in [1.29, 1.82) is 0 Å². The fraction of sp³-hybridized carbons (Fsp3) is 0.273. The van der Waals surface area contributed by atoms with Crippen LogP contribution in [0.4, 0.5) is 4.79 Å². The number of hydrogen-bond donors (Lipinski definition) is 4. The van der Waals surface area contributed by atoms with E-state index in [0.717, 1.165) is 0 Å². The van der Waals surface area contributed by atoms with E-state index in [9.17, 15) is 14.4 Å². The van der Waals surface area contributed by atoms with Crippen molar-refractivity contribution in [2.75, 3.05) is 13.6 Å². The number of hydrogen-bond acceptors (Lipinski definition) is 4. The molecule has 0 bridgehead atoms. The van der Waals surface area contributed by atoms with Gasteiger partial charge in [-0.2, -0.15) is 0 Å². The Hall–Kier alpha value is -2.64. The molecule has 8 nitrogen and oxygen atoms in total. The van der Waals surface area contributed by atoms with Crippen molar-refractivity contribution >= 4 is 17.9 Å². The third-order valence-corrected chi connectivity index (χ3v) is 2.19. The maximum absolute atomic E-state index is 11.3. The van der Waals surface area contributed by atoms with Gasteiger partial charge in [0, 0.05) is 19.8 Å². The number of aromatic nitrogens is 1. The molecule has 102 valence electrons. The molecule has 0 atom stereocenters. The normalized spacial score (nSPS) is 9.53. The molecular weight excluding hydrogens is 252 g/mol. The van der Waals surface area contributed by atoms with E-state index in [-0.39, 0.29) is 24.7 Å². The van der Waals surface area contributed by atoms with Crippen molar-refractivity contribution < 1.29 is 19.5 Å². The molecule has 1 aromatic heterocycles. The average Bonchev–Trinajstić information content (AvgIpc) is 2.42. The van der Waals surface area contributed by atoms with Gasteiger partial charge >= 0.3 is 12.0 Å². The van der Waals surface area contributed by atoms with Gasteiger partial charge in [-0.15, -0.1) is 0 Å². The van der Waals surface area contributed by atoms with Crippen LogP contribution in [0.15, 0.2) is 18.3 Å². The van der Waals surface area contributed by atoms with Crippen molar-refractivity contribution in [3.8, 4) is 0 Å². The standard InChI is InChI=1S/C11H14N4O4/c1-12-9(16)6-15-11(19)14-5-7-2-3-8(10(17)18)13-4-7/h2-4H,5-6H2,1H3,(H,12,16)(H,17,18)(H2,14,15,19). The molecular formula is C11H14N4O4. The second-order valence-electron chi connectivity index (χ2n) is 3.57. The van der Waals surface area contributed by atoms with Gasteiger partial charge in [0.1, 0.15) is 5.69 Å². The Morgan fingerprint density at radius 2 is 2.00 bits per heavy atom. The third kappa shape index (κ3) is 5.02. The van der Waals surface area contributed by atoms with Gasteiger partial charge in [-0.3, -0.25) is 4.79 Å². The minimum absolute atomic E-state index is 0.0622. The minimum atomic E-state index is -1.11. The van der Waals surface area contributed by atoms with Crippen molar-refractivity contribution in [2.24, 2.45) is 0 Å². The molecule has 0 aliphatic carbocycles. The van der Waals surface area contributed by atoms with E-state index in [0.29, 0.717) is 5.56 Å². The second kappa shape index (κ2) is 6.94. The predicted molar refractivity (Wildman–Crippen MR) is 65.5 cm³/mol. The lowest BCUT2D eigenvalue weighted by Crippen LogP contribution is -2.40. The first-order valence-electron chi connectivity index (χ1n) is 5.43. The van der Waals surface area contributed by atoms with E-state index in [4.69, 9.17) is 5.11 Å². The van der Waals surface area contributed by atoms with Gasteiger partial charge < -0.3 is 21.1 Å². The van der Waals surface area contributed by atoms with Crippen LogP contribution < -0.4 is 16.0 Å². The summed E-state index contributed by atoms with van der Waals surface area (Å²) in [6.45, 7) is 0.0744. The van der Waals surface area contributed by atoms with Crippen LogP contribution in [0, 0.1) is 0 Å². The Morgan fingerprint density at radius 1 is 1.26 bits per heavy atom. The molecule has 1 aromatic rings. The first-order chi connectivity index (χ1) is 9.02. The van der Waals surface area contributed by atoms with Crippen molar-refractivity contribution in [3.05, 3.63) is 29.6 Å². The highest BCUT2D eigenvalue weighted by atomic mass is 16.4. The summed E-state index contributed by atoms with van der Waals surface area (Å²) in [4.78, 5) is 36.5. The molecule has 1 heterocycles. The molecule has 3 amide bonds. The van der Waals surface area contributed by atoms with E-state index in [2.05, 4.69) is 20.9 Å².